The zero-order chi connectivity index (χ0) is 14.3. The van der Waals surface area contributed by atoms with Gasteiger partial charge in [-0.3, -0.25) is 0 Å². The van der Waals surface area contributed by atoms with Crippen LogP contribution < -0.4 is 0 Å². The van der Waals surface area contributed by atoms with Gasteiger partial charge >= 0.3 is 5.97 Å². The van der Waals surface area contributed by atoms with Crippen LogP contribution in [0.1, 0.15) is 61.6 Å². The summed E-state index contributed by atoms with van der Waals surface area (Å²) in [5, 5.41) is 16.7. The van der Waals surface area contributed by atoms with Gasteiger partial charge in [0.25, 0.3) is 0 Å². The molecule has 0 unspecified atom stereocenters. The van der Waals surface area contributed by atoms with Gasteiger partial charge in [-0.1, -0.05) is 31.9 Å². The van der Waals surface area contributed by atoms with Gasteiger partial charge in [-0.05, 0) is 18.8 Å². The van der Waals surface area contributed by atoms with Gasteiger partial charge < -0.3 is 9.84 Å². The number of esters is 1. The monoisotopic (exact) mass is 269 g/mol. The molecule has 1 aromatic heterocycles. The molecule has 1 heterocycles. The van der Waals surface area contributed by atoms with Crippen molar-refractivity contribution in [1.29, 1.82) is 0 Å². The average Bonchev–Trinajstić information content (AvgIpc) is 2.81. The first-order chi connectivity index (χ1) is 9.11. The normalized spacial score (nSPS) is 11.0. The van der Waals surface area contributed by atoms with Crippen molar-refractivity contribution in [3.8, 4) is 0 Å². The minimum Gasteiger partial charge on any atom is -0.464 e. The van der Waals surface area contributed by atoms with E-state index in [1.807, 2.05) is 13.8 Å². The Labute approximate surface area is 113 Å². The maximum atomic E-state index is 11.6. The fraction of sp³-hybridized carbons (Fsp3) is 0.769. The molecule has 1 aromatic rings. The number of aliphatic hydroxyl groups is 1. The van der Waals surface area contributed by atoms with E-state index < -0.39 is 5.97 Å². The molecule has 1 N–H and O–H groups in total. The molecule has 19 heavy (non-hydrogen) atoms. The first kappa shape index (κ1) is 15.6. The van der Waals surface area contributed by atoms with Crippen molar-refractivity contribution in [1.82, 2.24) is 15.0 Å². The highest BCUT2D eigenvalue weighted by Gasteiger charge is 2.22. The fourth-order valence-corrected chi connectivity index (χ4v) is 2.03. The number of nitrogens with zero attached hydrogens (tertiary/aromatic N) is 3. The van der Waals surface area contributed by atoms with Crippen molar-refractivity contribution in [3.63, 3.8) is 0 Å². The van der Waals surface area contributed by atoms with Gasteiger partial charge in [-0.25, -0.2) is 9.48 Å². The highest BCUT2D eigenvalue weighted by molar-refractivity contribution is 5.88. The minimum absolute atomic E-state index is 0.168. The molecule has 6 heteroatoms. The molecule has 0 bridgehead atoms. The van der Waals surface area contributed by atoms with E-state index in [2.05, 4.69) is 10.3 Å². The lowest BCUT2D eigenvalue weighted by atomic mass is 10.1. The van der Waals surface area contributed by atoms with Crippen LogP contribution in [-0.4, -0.2) is 39.8 Å². The van der Waals surface area contributed by atoms with E-state index in [-0.39, 0.29) is 12.5 Å². The Morgan fingerprint density at radius 3 is 2.58 bits per heavy atom. The van der Waals surface area contributed by atoms with Crippen LogP contribution in [0.25, 0.3) is 0 Å². The molecule has 108 valence electrons. The second kappa shape index (κ2) is 7.89. The lowest BCUT2D eigenvalue weighted by Crippen LogP contribution is -2.11. The zero-order valence-electron chi connectivity index (χ0n) is 11.9. The summed E-state index contributed by atoms with van der Waals surface area (Å²) in [5.74, 6) is -0.267. The number of methoxy groups -OCH3 is 1. The summed E-state index contributed by atoms with van der Waals surface area (Å²) in [6.07, 6.45) is 3.84. The van der Waals surface area contributed by atoms with Crippen molar-refractivity contribution in [3.05, 3.63) is 11.4 Å². The molecule has 1 rings (SSSR count). The van der Waals surface area contributed by atoms with Crippen molar-refractivity contribution in [2.75, 3.05) is 13.7 Å². The molecule has 0 saturated carbocycles. The van der Waals surface area contributed by atoms with E-state index in [4.69, 9.17) is 9.84 Å². The molecule has 0 aliphatic rings. The Hall–Kier alpha value is -1.43. The highest BCUT2D eigenvalue weighted by atomic mass is 16.5. The smallest absolute Gasteiger partial charge is 0.360 e. The Kier molecular flexibility index (Phi) is 6.49. The van der Waals surface area contributed by atoms with E-state index in [9.17, 15) is 4.79 Å². The van der Waals surface area contributed by atoms with E-state index in [0.29, 0.717) is 5.69 Å². The first-order valence-corrected chi connectivity index (χ1v) is 6.74. The molecule has 0 amide bonds. The number of hydrogen-bond donors (Lipinski definition) is 1. The van der Waals surface area contributed by atoms with Crippen molar-refractivity contribution in [2.24, 2.45) is 0 Å². The second-order valence-electron chi connectivity index (χ2n) is 4.83. The lowest BCUT2D eigenvalue weighted by molar-refractivity contribution is 0.0592. The molecule has 0 spiro atoms. The maximum absolute atomic E-state index is 11.6. The Morgan fingerprint density at radius 1 is 1.32 bits per heavy atom. The number of carbonyl (C=O) groups excluding carboxylic acids is 1. The van der Waals surface area contributed by atoms with Gasteiger partial charge in [0.15, 0.2) is 5.69 Å². The standard InChI is InChI=1S/C13H23N3O3/c1-10(2)12-11(13(18)19-3)14-15-16(12)8-6-4-5-7-9-17/h10,17H,4-9H2,1-3H3. The number of ether oxygens (including phenoxy) is 1. The second-order valence-corrected chi connectivity index (χ2v) is 4.83. The van der Waals surface area contributed by atoms with Crippen LogP contribution in [0.3, 0.4) is 0 Å². The molecule has 0 atom stereocenters. The minimum atomic E-state index is -0.435. The average molecular weight is 269 g/mol. The van der Waals surface area contributed by atoms with Gasteiger partial charge in [0.2, 0.25) is 0 Å². The third-order valence-corrected chi connectivity index (χ3v) is 2.98. The molecule has 0 aliphatic carbocycles. The van der Waals surface area contributed by atoms with Crippen LogP contribution in [0.15, 0.2) is 0 Å². The van der Waals surface area contributed by atoms with E-state index in [0.717, 1.165) is 37.9 Å². The van der Waals surface area contributed by atoms with Gasteiger partial charge in [-0.2, -0.15) is 0 Å². The summed E-state index contributed by atoms with van der Waals surface area (Å²) in [6.45, 7) is 5.00. The predicted molar refractivity (Wildman–Crippen MR) is 71.0 cm³/mol. The molecule has 0 fully saturated rings. The van der Waals surface area contributed by atoms with Crippen LogP contribution in [0, 0.1) is 0 Å². The van der Waals surface area contributed by atoms with Crippen molar-refractivity contribution in [2.45, 2.75) is 52.0 Å². The zero-order valence-corrected chi connectivity index (χ0v) is 11.9. The van der Waals surface area contributed by atoms with Gasteiger partial charge in [0, 0.05) is 13.2 Å². The summed E-state index contributed by atoms with van der Waals surface area (Å²) in [7, 11) is 1.35. The summed E-state index contributed by atoms with van der Waals surface area (Å²) < 4.78 is 6.50. The summed E-state index contributed by atoms with van der Waals surface area (Å²) >= 11 is 0. The Balaban J connectivity index is 2.67. The Morgan fingerprint density at radius 2 is 2.00 bits per heavy atom. The third-order valence-electron chi connectivity index (χ3n) is 2.98. The van der Waals surface area contributed by atoms with Crippen LogP contribution in [0.5, 0.6) is 0 Å². The number of aryl methyl sites for hydroxylation is 1. The van der Waals surface area contributed by atoms with Crippen LogP contribution in [0.4, 0.5) is 0 Å². The van der Waals surface area contributed by atoms with E-state index >= 15 is 0 Å². The summed E-state index contributed by atoms with van der Waals surface area (Å²) in [4.78, 5) is 11.6. The van der Waals surface area contributed by atoms with Gasteiger partial charge in [-0.15, -0.1) is 5.10 Å². The molecule has 0 radical (unpaired) electrons. The quantitative estimate of drug-likeness (QED) is 0.574. The summed E-state index contributed by atoms with van der Waals surface area (Å²) in [5.41, 5.74) is 1.14. The summed E-state index contributed by atoms with van der Waals surface area (Å²) in [6, 6.07) is 0. The number of hydrogen-bond acceptors (Lipinski definition) is 5. The number of carbonyl (C=O) groups is 1. The molecule has 6 nitrogen and oxygen atoms in total. The van der Waals surface area contributed by atoms with Gasteiger partial charge in [0.05, 0.1) is 12.8 Å². The molecular formula is C13H23N3O3. The fourth-order valence-electron chi connectivity index (χ4n) is 2.03. The van der Waals surface area contributed by atoms with Crippen molar-refractivity contribution >= 4 is 5.97 Å². The van der Waals surface area contributed by atoms with Crippen LogP contribution in [0.2, 0.25) is 0 Å². The van der Waals surface area contributed by atoms with Gasteiger partial charge in [0.1, 0.15) is 0 Å². The first-order valence-electron chi connectivity index (χ1n) is 6.74. The molecule has 0 aliphatic heterocycles. The molecule has 0 aromatic carbocycles. The lowest BCUT2D eigenvalue weighted by Gasteiger charge is -2.10. The Bertz CT molecular complexity index is 402. The predicted octanol–water partition coefficient (Wildman–Crippen LogP) is 1.74. The number of rotatable bonds is 8. The SMILES string of the molecule is COC(=O)c1nnn(CCCCCCO)c1C(C)C. The number of unbranched alkanes of at least 4 members (excludes halogenated alkanes) is 3. The van der Waals surface area contributed by atoms with Crippen LogP contribution >= 0.6 is 0 Å². The van der Waals surface area contributed by atoms with Crippen LogP contribution in [-0.2, 0) is 11.3 Å². The highest BCUT2D eigenvalue weighted by Crippen LogP contribution is 2.19. The van der Waals surface area contributed by atoms with E-state index in [1.54, 1.807) is 4.68 Å². The molecular weight excluding hydrogens is 246 g/mol. The topological polar surface area (TPSA) is 77.2 Å². The van der Waals surface area contributed by atoms with E-state index in [1.165, 1.54) is 7.11 Å². The number of aliphatic hydroxyl groups excluding tert-OH is 1. The maximum Gasteiger partial charge on any atom is 0.360 e. The molecule has 0 saturated heterocycles. The van der Waals surface area contributed by atoms with Crippen molar-refractivity contribution < 1.29 is 14.6 Å². The number of aromatic nitrogens is 3. The third kappa shape index (κ3) is 4.31. The largest absolute Gasteiger partial charge is 0.464 e.